The minimum atomic E-state index is 0.467. The first-order chi connectivity index (χ1) is 8.72. The van der Waals surface area contributed by atoms with Crippen LogP contribution in [0.3, 0.4) is 0 Å². The fourth-order valence-electron chi connectivity index (χ4n) is 2.37. The maximum absolute atomic E-state index is 5.98. The molecule has 1 aliphatic carbocycles. The van der Waals surface area contributed by atoms with Crippen LogP contribution in [0.5, 0.6) is 0 Å². The zero-order valence-electron chi connectivity index (χ0n) is 10.8. The Balaban J connectivity index is 2.16. The molecule has 1 heterocycles. The first-order valence-electron chi connectivity index (χ1n) is 6.62. The van der Waals surface area contributed by atoms with E-state index in [0.29, 0.717) is 18.3 Å². The van der Waals surface area contributed by atoms with Crippen molar-refractivity contribution in [2.45, 2.75) is 51.6 Å². The standard InChI is InChI=1S/C13H20IN3O/c1-2-7-18-8-10-16-12(9-5-3-4-6-9)11(14)13(15)17-10/h9H,2-8H2,1H3,(H2,15,16,17). The third-order valence-corrected chi connectivity index (χ3v) is 4.38. The number of anilines is 1. The molecule has 1 aromatic heterocycles. The normalized spacial score (nSPS) is 16.3. The first kappa shape index (κ1) is 14.0. The fourth-order valence-corrected chi connectivity index (χ4v) is 3.06. The molecular formula is C13H20IN3O. The predicted molar refractivity (Wildman–Crippen MR) is 80.3 cm³/mol. The molecular weight excluding hydrogens is 341 g/mol. The number of nitrogens with two attached hydrogens (primary N) is 1. The summed E-state index contributed by atoms with van der Waals surface area (Å²) in [4.78, 5) is 8.97. The highest BCUT2D eigenvalue weighted by atomic mass is 127. The quantitative estimate of drug-likeness (QED) is 0.646. The summed E-state index contributed by atoms with van der Waals surface area (Å²) in [6.07, 6.45) is 6.05. The van der Waals surface area contributed by atoms with E-state index in [2.05, 4.69) is 39.5 Å². The number of rotatable bonds is 5. The summed E-state index contributed by atoms with van der Waals surface area (Å²) in [6, 6.07) is 0. The van der Waals surface area contributed by atoms with Crippen molar-refractivity contribution in [1.29, 1.82) is 0 Å². The molecule has 0 saturated heterocycles. The molecule has 1 aliphatic rings. The van der Waals surface area contributed by atoms with Crippen molar-refractivity contribution in [2.24, 2.45) is 0 Å². The van der Waals surface area contributed by atoms with E-state index in [9.17, 15) is 0 Å². The molecule has 0 unspecified atom stereocenters. The summed E-state index contributed by atoms with van der Waals surface area (Å²) in [7, 11) is 0. The summed E-state index contributed by atoms with van der Waals surface area (Å²) < 4.78 is 6.52. The summed E-state index contributed by atoms with van der Waals surface area (Å²) >= 11 is 2.27. The van der Waals surface area contributed by atoms with Crippen LogP contribution in [-0.4, -0.2) is 16.6 Å². The lowest BCUT2D eigenvalue weighted by Gasteiger charge is -2.14. The Morgan fingerprint density at radius 2 is 2.06 bits per heavy atom. The van der Waals surface area contributed by atoms with Gasteiger partial charge in [0.15, 0.2) is 5.82 Å². The van der Waals surface area contributed by atoms with Crippen LogP contribution >= 0.6 is 22.6 Å². The molecule has 2 rings (SSSR count). The van der Waals surface area contributed by atoms with Gasteiger partial charge >= 0.3 is 0 Å². The smallest absolute Gasteiger partial charge is 0.156 e. The molecule has 1 fully saturated rings. The van der Waals surface area contributed by atoms with Gasteiger partial charge in [-0.3, -0.25) is 0 Å². The van der Waals surface area contributed by atoms with Crippen molar-refractivity contribution in [3.63, 3.8) is 0 Å². The Hall–Kier alpha value is -0.430. The molecule has 5 heteroatoms. The third-order valence-electron chi connectivity index (χ3n) is 3.27. The number of hydrogen-bond acceptors (Lipinski definition) is 4. The average molecular weight is 361 g/mol. The second kappa shape index (κ2) is 6.65. The first-order valence-corrected chi connectivity index (χ1v) is 7.69. The molecule has 100 valence electrons. The van der Waals surface area contributed by atoms with Crippen molar-refractivity contribution in [2.75, 3.05) is 12.3 Å². The number of hydrogen-bond donors (Lipinski definition) is 1. The minimum absolute atomic E-state index is 0.467. The Bertz CT molecular complexity index is 405. The van der Waals surface area contributed by atoms with Gasteiger partial charge in [-0.1, -0.05) is 19.8 Å². The number of nitrogens with zero attached hydrogens (tertiary/aromatic N) is 2. The Morgan fingerprint density at radius 1 is 1.33 bits per heavy atom. The van der Waals surface area contributed by atoms with Gasteiger partial charge in [-0.15, -0.1) is 0 Å². The maximum atomic E-state index is 5.98. The molecule has 2 N–H and O–H groups in total. The Kier molecular flexibility index (Phi) is 5.17. The minimum Gasteiger partial charge on any atom is -0.383 e. The van der Waals surface area contributed by atoms with Gasteiger partial charge in [0.2, 0.25) is 0 Å². The van der Waals surface area contributed by atoms with E-state index in [0.717, 1.165) is 28.1 Å². The molecule has 4 nitrogen and oxygen atoms in total. The highest BCUT2D eigenvalue weighted by molar-refractivity contribution is 14.1. The van der Waals surface area contributed by atoms with Gasteiger partial charge in [0.25, 0.3) is 0 Å². The van der Waals surface area contributed by atoms with Gasteiger partial charge in [0.1, 0.15) is 12.4 Å². The van der Waals surface area contributed by atoms with Crippen molar-refractivity contribution in [3.05, 3.63) is 15.1 Å². The van der Waals surface area contributed by atoms with Gasteiger partial charge in [-0.25, -0.2) is 9.97 Å². The van der Waals surface area contributed by atoms with Gasteiger partial charge < -0.3 is 10.5 Å². The monoisotopic (exact) mass is 361 g/mol. The van der Waals surface area contributed by atoms with E-state index >= 15 is 0 Å². The predicted octanol–water partition coefficient (Wildman–Crippen LogP) is 3.25. The van der Waals surface area contributed by atoms with Crippen LogP contribution in [0.15, 0.2) is 0 Å². The summed E-state index contributed by atoms with van der Waals surface area (Å²) in [5, 5.41) is 0. The summed E-state index contributed by atoms with van der Waals surface area (Å²) in [5.41, 5.74) is 7.11. The topological polar surface area (TPSA) is 61.0 Å². The van der Waals surface area contributed by atoms with Crippen LogP contribution in [0.2, 0.25) is 0 Å². The van der Waals surface area contributed by atoms with Crippen LogP contribution < -0.4 is 5.73 Å². The van der Waals surface area contributed by atoms with E-state index in [-0.39, 0.29) is 0 Å². The molecule has 1 saturated carbocycles. The lowest BCUT2D eigenvalue weighted by atomic mass is 10.0. The van der Waals surface area contributed by atoms with E-state index < -0.39 is 0 Å². The average Bonchev–Trinajstić information content (AvgIpc) is 2.87. The van der Waals surface area contributed by atoms with Crippen LogP contribution in [0, 0.1) is 3.57 Å². The van der Waals surface area contributed by atoms with E-state index in [1.165, 1.54) is 25.7 Å². The van der Waals surface area contributed by atoms with Gasteiger partial charge in [-0.05, 0) is 41.9 Å². The molecule has 0 bridgehead atoms. The second-order valence-electron chi connectivity index (χ2n) is 4.76. The van der Waals surface area contributed by atoms with Crippen LogP contribution in [0.4, 0.5) is 5.82 Å². The molecule has 0 amide bonds. The SMILES string of the molecule is CCCOCc1nc(N)c(I)c(C2CCCC2)n1. The Labute approximate surface area is 122 Å². The summed E-state index contributed by atoms with van der Waals surface area (Å²) in [5.74, 6) is 1.89. The van der Waals surface area contributed by atoms with Crippen molar-refractivity contribution in [1.82, 2.24) is 9.97 Å². The highest BCUT2D eigenvalue weighted by Gasteiger charge is 2.23. The lowest BCUT2D eigenvalue weighted by Crippen LogP contribution is -2.11. The molecule has 0 aliphatic heterocycles. The van der Waals surface area contributed by atoms with Crippen molar-refractivity contribution >= 4 is 28.4 Å². The maximum Gasteiger partial charge on any atom is 0.156 e. The number of ether oxygens (including phenoxy) is 1. The number of aromatic nitrogens is 2. The van der Waals surface area contributed by atoms with Crippen molar-refractivity contribution < 1.29 is 4.74 Å². The number of nitrogen functional groups attached to an aromatic ring is 1. The molecule has 1 aromatic rings. The third kappa shape index (κ3) is 3.32. The van der Waals surface area contributed by atoms with Gasteiger partial charge in [-0.2, -0.15) is 0 Å². The molecule has 0 spiro atoms. The van der Waals surface area contributed by atoms with E-state index in [1.807, 2.05) is 0 Å². The zero-order chi connectivity index (χ0) is 13.0. The number of halogens is 1. The second-order valence-corrected chi connectivity index (χ2v) is 5.84. The molecule has 18 heavy (non-hydrogen) atoms. The molecule has 0 atom stereocenters. The van der Waals surface area contributed by atoms with Crippen LogP contribution in [-0.2, 0) is 11.3 Å². The molecule has 0 aromatic carbocycles. The van der Waals surface area contributed by atoms with E-state index in [1.54, 1.807) is 0 Å². The van der Waals surface area contributed by atoms with Crippen molar-refractivity contribution in [3.8, 4) is 0 Å². The molecule has 0 radical (unpaired) electrons. The van der Waals surface area contributed by atoms with E-state index in [4.69, 9.17) is 10.5 Å². The fraction of sp³-hybridized carbons (Fsp3) is 0.692. The van der Waals surface area contributed by atoms with Gasteiger partial charge in [0.05, 0.1) is 9.26 Å². The zero-order valence-corrected chi connectivity index (χ0v) is 12.9. The highest BCUT2D eigenvalue weighted by Crippen LogP contribution is 2.36. The summed E-state index contributed by atoms with van der Waals surface area (Å²) in [6.45, 7) is 3.30. The Morgan fingerprint density at radius 3 is 2.72 bits per heavy atom. The van der Waals surface area contributed by atoms with Crippen LogP contribution in [0.1, 0.15) is 56.5 Å². The van der Waals surface area contributed by atoms with Gasteiger partial charge in [0, 0.05) is 12.5 Å². The lowest BCUT2D eigenvalue weighted by molar-refractivity contribution is 0.116. The van der Waals surface area contributed by atoms with Crippen LogP contribution in [0.25, 0.3) is 0 Å². The largest absolute Gasteiger partial charge is 0.383 e.